The quantitative estimate of drug-likeness (QED) is 0.484. The molecule has 0 aliphatic carbocycles. The average molecular weight is 413 g/mol. The van der Waals surface area contributed by atoms with E-state index in [0.29, 0.717) is 11.3 Å². The number of methoxy groups -OCH3 is 1. The van der Waals surface area contributed by atoms with Crippen LogP contribution < -0.4 is 4.74 Å². The van der Waals surface area contributed by atoms with Gasteiger partial charge in [0.05, 0.1) is 33.8 Å². The number of rotatable bonds is 3. The number of hydrogen-bond acceptors (Lipinski definition) is 3. The third kappa shape index (κ3) is 2.65. The van der Waals surface area contributed by atoms with Crippen LogP contribution in [0.4, 0.5) is 0 Å². The van der Waals surface area contributed by atoms with E-state index in [2.05, 4.69) is 0 Å². The lowest BCUT2D eigenvalue weighted by Gasteiger charge is -2.03. The fraction of sp³-hybridized carbons (Fsp3) is 0.0667. The van der Waals surface area contributed by atoms with Gasteiger partial charge in [-0.1, -0.05) is 30.3 Å². The molecule has 4 nitrogen and oxygen atoms in total. The zero-order valence-electron chi connectivity index (χ0n) is 11.2. The van der Waals surface area contributed by atoms with Crippen molar-refractivity contribution in [2.24, 2.45) is 0 Å². The molecule has 0 aliphatic heterocycles. The smallest absolute Gasteiger partial charge is 0.292 e. The molecule has 0 amide bonds. The van der Waals surface area contributed by atoms with Crippen LogP contribution in [-0.4, -0.2) is 19.5 Å². The van der Waals surface area contributed by atoms with Crippen LogP contribution >= 0.6 is 21.2 Å². The summed E-state index contributed by atoms with van der Waals surface area (Å²) in [7, 11) is -1.80. The normalized spacial score (nSPS) is 11.7. The van der Waals surface area contributed by atoms with E-state index in [0.717, 1.165) is 16.5 Å². The minimum atomic E-state index is -3.39. The van der Waals surface area contributed by atoms with Crippen molar-refractivity contribution >= 4 is 39.3 Å². The standard InChI is InChI=1S/C15H12INO3S/c1-20-12-7-8-15-13(9-12)14(10-17(15)21(16,18)19)11-5-3-2-4-6-11/h2-10H,1H3. The Hall–Kier alpha value is -1.54. The summed E-state index contributed by atoms with van der Waals surface area (Å²) in [6.07, 6.45) is 1.65. The first-order valence-corrected chi connectivity index (χ1v) is 10.2. The fourth-order valence-corrected chi connectivity index (χ4v) is 3.94. The zero-order chi connectivity index (χ0) is 15.0. The maximum Gasteiger partial charge on any atom is 0.292 e. The summed E-state index contributed by atoms with van der Waals surface area (Å²) in [5.74, 6) is 0.697. The Labute approximate surface area is 135 Å². The first-order chi connectivity index (χ1) is 10.0. The van der Waals surface area contributed by atoms with Crippen molar-refractivity contribution in [2.75, 3.05) is 7.11 Å². The molecule has 0 fully saturated rings. The highest BCUT2D eigenvalue weighted by atomic mass is 127. The molecule has 0 N–H and O–H groups in total. The maximum absolute atomic E-state index is 12.0. The van der Waals surface area contributed by atoms with Crippen molar-refractivity contribution in [3.8, 4) is 16.9 Å². The molecule has 1 aromatic heterocycles. The third-order valence-electron chi connectivity index (χ3n) is 3.30. The Bertz CT molecular complexity index is 901. The Kier molecular flexibility index (Phi) is 3.66. The van der Waals surface area contributed by atoms with Crippen molar-refractivity contribution in [1.82, 2.24) is 3.97 Å². The van der Waals surface area contributed by atoms with Crippen LogP contribution in [0.25, 0.3) is 22.0 Å². The fourth-order valence-electron chi connectivity index (χ4n) is 2.33. The summed E-state index contributed by atoms with van der Waals surface area (Å²) in [5, 5.41) is 0.848. The van der Waals surface area contributed by atoms with Gasteiger partial charge in [0.2, 0.25) is 0 Å². The highest BCUT2D eigenvalue weighted by Gasteiger charge is 2.17. The van der Waals surface area contributed by atoms with Gasteiger partial charge in [0.1, 0.15) is 5.75 Å². The molecular formula is C15H12INO3S. The average Bonchev–Trinajstić information content (AvgIpc) is 2.86. The van der Waals surface area contributed by atoms with Crippen molar-refractivity contribution in [2.45, 2.75) is 0 Å². The van der Waals surface area contributed by atoms with Gasteiger partial charge in [-0.3, -0.25) is 0 Å². The maximum atomic E-state index is 12.0. The van der Waals surface area contributed by atoms with Gasteiger partial charge in [0.25, 0.3) is 7.19 Å². The van der Waals surface area contributed by atoms with Gasteiger partial charge in [-0.05, 0) is 23.8 Å². The number of aromatic nitrogens is 1. The van der Waals surface area contributed by atoms with E-state index in [1.165, 1.54) is 25.2 Å². The lowest BCUT2D eigenvalue weighted by molar-refractivity contribution is 0.415. The largest absolute Gasteiger partial charge is 0.497 e. The Morgan fingerprint density at radius 2 is 1.81 bits per heavy atom. The first kappa shape index (κ1) is 14.4. The molecule has 0 radical (unpaired) electrons. The molecular weight excluding hydrogens is 401 g/mol. The summed E-state index contributed by atoms with van der Waals surface area (Å²) in [6, 6.07) is 15.1. The van der Waals surface area contributed by atoms with E-state index >= 15 is 0 Å². The second-order valence-corrected chi connectivity index (χ2v) is 9.09. The molecule has 0 saturated carbocycles. The summed E-state index contributed by atoms with van der Waals surface area (Å²) in [6.45, 7) is 0. The van der Waals surface area contributed by atoms with E-state index < -0.39 is 7.19 Å². The second-order valence-electron chi connectivity index (χ2n) is 4.53. The predicted octanol–water partition coefficient (Wildman–Crippen LogP) is 3.84. The summed E-state index contributed by atoms with van der Waals surface area (Å²) in [5.41, 5.74) is 2.48. The zero-order valence-corrected chi connectivity index (χ0v) is 14.1. The summed E-state index contributed by atoms with van der Waals surface area (Å²) >= 11 is 1.45. The highest BCUT2D eigenvalue weighted by molar-refractivity contribution is 14.2. The molecule has 0 atom stereocenters. The van der Waals surface area contributed by atoms with Gasteiger partial charge >= 0.3 is 0 Å². The molecule has 1 heterocycles. The minimum absolute atomic E-state index is 0.643. The molecule has 0 aliphatic rings. The highest BCUT2D eigenvalue weighted by Crippen LogP contribution is 2.34. The molecule has 2 aromatic carbocycles. The number of ether oxygens (including phenoxy) is 1. The number of halogens is 1. The van der Waals surface area contributed by atoms with Crippen LogP contribution in [0, 0.1) is 0 Å². The molecule has 6 heteroatoms. The van der Waals surface area contributed by atoms with Crippen LogP contribution in [0.15, 0.2) is 54.7 Å². The summed E-state index contributed by atoms with van der Waals surface area (Å²) < 4.78 is 30.5. The van der Waals surface area contributed by atoms with E-state index in [9.17, 15) is 8.42 Å². The predicted molar refractivity (Wildman–Crippen MR) is 92.3 cm³/mol. The van der Waals surface area contributed by atoms with Gasteiger partial charge in [0, 0.05) is 17.1 Å². The van der Waals surface area contributed by atoms with E-state index in [1.807, 2.05) is 36.4 Å². The van der Waals surface area contributed by atoms with Gasteiger partial charge < -0.3 is 4.74 Å². The molecule has 21 heavy (non-hydrogen) atoms. The SMILES string of the molecule is COc1ccc2c(c1)c(-c1ccccc1)cn2S(=O)(=O)I. The number of nitrogens with zero attached hydrogens (tertiary/aromatic N) is 1. The molecule has 0 saturated heterocycles. The van der Waals surface area contributed by atoms with Crippen molar-refractivity contribution in [1.29, 1.82) is 0 Å². The van der Waals surface area contributed by atoms with E-state index in [-0.39, 0.29) is 0 Å². The van der Waals surface area contributed by atoms with Gasteiger partial charge in [-0.25, -0.2) is 3.97 Å². The Morgan fingerprint density at radius 3 is 2.43 bits per heavy atom. The Balaban J connectivity index is 2.39. The molecule has 108 valence electrons. The second kappa shape index (κ2) is 5.34. The molecule has 3 rings (SSSR count). The lowest BCUT2D eigenvalue weighted by atomic mass is 10.0. The minimum Gasteiger partial charge on any atom is -0.497 e. The van der Waals surface area contributed by atoms with Crippen LogP contribution in [0.2, 0.25) is 0 Å². The van der Waals surface area contributed by atoms with Crippen LogP contribution in [0.3, 0.4) is 0 Å². The van der Waals surface area contributed by atoms with Crippen molar-refractivity contribution < 1.29 is 13.2 Å². The van der Waals surface area contributed by atoms with Crippen molar-refractivity contribution in [3.63, 3.8) is 0 Å². The molecule has 0 spiro atoms. The number of fused-ring (bicyclic) bond motifs is 1. The van der Waals surface area contributed by atoms with Crippen molar-refractivity contribution in [3.05, 3.63) is 54.7 Å². The Morgan fingerprint density at radius 1 is 1.10 bits per heavy atom. The van der Waals surface area contributed by atoms with Gasteiger partial charge in [-0.15, -0.1) is 0 Å². The third-order valence-corrected chi connectivity index (χ3v) is 5.34. The van der Waals surface area contributed by atoms with Crippen LogP contribution in [0.5, 0.6) is 5.75 Å². The van der Waals surface area contributed by atoms with E-state index in [1.54, 1.807) is 25.4 Å². The molecule has 0 unspecified atom stereocenters. The van der Waals surface area contributed by atoms with Crippen LogP contribution in [0.1, 0.15) is 0 Å². The lowest BCUT2D eigenvalue weighted by Crippen LogP contribution is -2.01. The molecule has 3 aromatic rings. The number of benzene rings is 2. The van der Waals surface area contributed by atoms with Crippen LogP contribution in [-0.2, 0) is 7.19 Å². The summed E-state index contributed by atoms with van der Waals surface area (Å²) in [4.78, 5) is 0. The van der Waals surface area contributed by atoms with E-state index in [4.69, 9.17) is 4.74 Å². The first-order valence-electron chi connectivity index (χ1n) is 6.20. The van der Waals surface area contributed by atoms with Gasteiger partial charge in [-0.2, -0.15) is 8.42 Å². The topological polar surface area (TPSA) is 48.3 Å². The monoisotopic (exact) mass is 413 g/mol. The number of hydrogen-bond donors (Lipinski definition) is 0. The molecule has 0 bridgehead atoms. The van der Waals surface area contributed by atoms with Gasteiger partial charge in [0.15, 0.2) is 0 Å².